The first-order valence-corrected chi connectivity index (χ1v) is 8.81. The van der Waals surface area contributed by atoms with E-state index in [1.165, 1.54) is 19.3 Å². The molecule has 146 valence electrons. The van der Waals surface area contributed by atoms with Gasteiger partial charge >= 0.3 is 0 Å². The molecule has 0 bridgehead atoms. The van der Waals surface area contributed by atoms with Gasteiger partial charge in [0, 0.05) is 18.1 Å². The predicted octanol–water partition coefficient (Wildman–Crippen LogP) is 2.84. The minimum atomic E-state index is -0.360. The molecule has 0 radical (unpaired) electrons. The van der Waals surface area contributed by atoms with E-state index >= 15 is 0 Å². The average Bonchev–Trinajstić information content (AvgIpc) is 2.64. The number of Topliss-reactive ketones (excluding diaryl/α,β-unsaturated/α-hetero) is 1. The zero-order valence-electron chi connectivity index (χ0n) is 15.5. The molecule has 1 aromatic carbocycles. The Labute approximate surface area is 157 Å². The van der Waals surface area contributed by atoms with E-state index in [1.807, 2.05) is 6.92 Å². The van der Waals surface area contributed by atoms with E-state index in [2.05, 4.69) is 0 Å². The van der Waals surface area contributed by atoms with E-state index in [-0.39, 0.29) is 47.2 Å². The van der Waals surface area contributed by atoms with E-state index in [9.17, 15) is 14.7 Å². The van der Waals surface area contributed by atoms with Gasteiger partial charge in [0.25, 0.3) is 0 Å². The van der Waals surface area contributed by atoms with Crippen molar-refractivity contribution in [2.45, 2.75) is 39.7 Å². The summed E-state index contributed by atoms with van der Waals surface area (Å²) in [6.07, 6.45) is 3.07. The van der Waals surface area contributed by atoms with E-state index < -0.39 is 0 Å². The first-order chi connectivity index (χ1) is 13.0. The maximum absolute atomic E-state index is 11.7. The quantitative estimate of drug-likeness (QED) is 0.485. The summed E-state index contributed by atoms with van der Waals surface area (Å²) in [6.45, 7) is 3.59. The Bertz CT molecular complexity index is 839. The van der Waals surface area contributed by atoms with Gasteiger partial charge in [0.05, 0.1) is 18.8 Å². The Morgan fingerprint density at radius 1 is 1.19 bits per heavy atom. The number of ketones is 1. The molecule has 0 aliphatic carbocycles. The van der Waals surface area contributed by atoms with Crippen LogP contribution in [0.5, 0.6) is 17.2 Å². The fourth-order valence-corrected chi connectivity index (χ4v) is 2.58. The lowest BCUT2D eigenvalue weighted by Crippen LogP contribution is -2.11. The number of aliphatic hydroxyl groups is 1. The molecule has 0 unspecified atom stereocenters. The van der Waals surface area contributed by atoms with Crippen molar-refractivity contribution in [3.63, 3.8) is 0 Å². The summed E-state index contributed by atoms with van der Waals surface area (Å²) in [5, 5.41) is 19.2. The average molecular weight is 376 g/mol. The number of ether oxygens (including phenoxy) is 2. The summed E-state index contributed by atoms with van der Waals surface area (Å²) in [6, 6.07) is 4.42. The van der Waals surface area contributed by atoms with Crippen molar-refractivity contribution in [3.05, 3.63) is 51.6 Å². The van der Waals surface area contributed by atoms with Crippen molar-refractivity contribution in [3.8, 4) is 17.2 Å². The highest BCUT2D eigenvalue weighted by molar-refractivity contribution is 5.97. The van der Waals surface area contributed by atoms with Crippen LogP contribution in [0.4, 0.5) is 0 Å². The van der Waals surface area contributed by atoms with Gasteiger partial charge in [0.2, 0.25) is 11.2 Å². The smallest absolute Gasteiger partial charge is 0.227 e. The van der Waals surface area contributed by atoms with Gasteiger partial charge in [-0.2, -0.15) is 0 Å². The van der Waals surface area contributed by atoms with Crippen molar-refractivity contribution in [2.24, 2.45) is 0 Å². The number of phenolic OH excluding ortho intramolecular Hbond substituents is 1. The monoisotopic (exact) mass is 376 g/mol. The SMILES string of the molecule is CCCc1c(OCCCOc2coc(CO)cc2=O)ccc(C(C)=O)c1O. The van der Waals surface area contributed by atoms with Gasteiger partial charge in [-0.15, -0.1) is 0 Å². The molecule has 2 N–H and O–H groups in total. The summed E-state index contributed by atoms with van der Waals surface area (Å²) in [4.78, 5) is 23.3. The van der Waals surface area contributed by atoms with Gasteiger partial charge in [0.1, 0.15) is 30.1 Å². The van der Waals surface area contributed by atoms with Crippen LogP contribution in [0.1, 0.15) is 48.4 Å². The molecule has 0 saturated carbocycles. The number of hydrogen-bond acceptors (Lipinski definition) is 7. The number of phenols is 1. The second-order valence-corrected chi connectivity index (χ2v) is 6.03. The summed E-state index contributed by atoms with van der Waals surface area (Å²) < 4.78 is 16.1. The lowest BCUT2D eigenvalue weighted by molar-refractivity contribution is 0.101. The molecule has 27 heavy (non-hydrogen) atoms. The molecule has 0 fully saturated rings. The normalized spacial score (nSPS) is 10.6. The molecule has 1 heterocycles. The zero-order chi connectivity index (χ0) is 19.8. The standard InChI is InChI=1S/C20H24O7/c1-3-5-16-18(7-6-15(13(2)22)20(16)24)25-8-4-9-26-19-12-27-14(11-21)10-17(19)23/h6-7,10,12,21,24H,3-5,8-9,11H2,1-2H3. The molecule has 0 amide bonds. The van der Waals surface area contributed by atoms with Crippen LogP contribution in [-0.2, 0) is 13.0 Å². The molecule has 0 saturated heterocycles. The Morgan fingerprint density at radius 3 is 2.48 bits per heavy atom. The zero-order valence-corrected chi connectivity index (χ0v) is 15.5. The summed E-state index contributed by atoms with van der Waals surface area (Å²) >= 11 is 0. The number of benzene rings is 1. The maximum Gasteiger partial charge on any atom is 0.227 e. The second-order valence-electron chi connectivity index (χ2n) is 6.03. The Hall–Kier alpha value is -2.80. The van der Waals surface area contributed by atoms with E-state index in [0.29, 0.717) is 30.8 Å². The predicted molar refractivity (Wildman–Crippen MR) is 98.6 cm³/mol. The molecular formula is C20H24O7. The number of aliphatic hydroxyl groups excluding tert-OH is 1. The largest absolute Gasteiger partial charge is 0.507 e. The third kappa shape index (κ3) is 5.34. The van der Waals surface area contributed by atoms with Gasteiger partial charge in [-0.05, 0) is 25.5 Å². The molecule has 0 spiro atoms. The van der Waals surface area contributed by atoms with Crippen LogP contribution in [0, 0.1) is 0 Å². The molecular weight excluding hydrogens is 352 g/mol. The second kappa shape index (κ2) is 9.78. The van der Waals surface area contributed by atoms with Crippen molar-refractivity contribution in [1.82, 2.24) is 0 Å². The molecule has 7 heteroatoms. The lowest BCUT2D eigenvalue weighted by atomic mass is 10.0. The highest BCUT2D eigenvalue weighted by atomic mass is 16.5. The molecule has 0 aliphatic heterocycles. The van der Waals surface area contributed by atoms with Gasteiger partial charge < -0.3 is 24.1 Å². The number of hydrogen-bond donors (Lipinski definition) is 2. The van der Waals surface area contributed by atoms with Gasteiger partial charge in [-0.25, -0.2) is 0 Å². The topological polar surface area (TPSA) is 106 Å². The van der Waals surface area contributed by atoms with Crippen LogP contribution in [0.15, 0.2) is 33.7 Å². The number of aromatic hydroxyl groups is 1. The highest BCUT2D eigenvalue weighted by Crippen LogP contribution is 2.33. The molecule has 0 atom stereocenters. The van der Waals surface area contributed by atoms with Crippen molar-refractivity contribution in [2.75, 3.05) is 13.2 Å². The van der Waals surface area contributed by atoms with E-state index in [4.69, 9.17) is 19.0 Å². The minimum absolute atomic E-state index is 0.0281. The fourth-order valence-electron chi connectivity index (χ4n) is 2.58. The third-order valence-corrected chi connectivity index (χ3v) is 3.93. The van der Waals surface area contributed by atoms with Crippen LogP contribution in [0.2, 0.25) is 0 Å². The van der Waals surface area contributed by atoms with Crippen molar-refractivity contribution < 1.29 is 28.9 Å². The fraction of sp³-hybridized carbons (Fsp3) is 0.400. The van der Waals surface area contributed by atoms with E-state index in [0.717, 1.165) is 6.42 Å². The maximum atomic E-state index is 11.7. The first kappa shape index (κ1) is 20.5. The van der Waals surface area contributed by atoms with Gasteiger partial charge in [-0.1, -0.05) is 13.3 Å². The summed E-state index contributed by atoms with van der Waals surface area (Å²) in [5.41, 5.74) is 0.541. The van der Waals surface area contributed by atoms with Crippen LogP contribution in [0.3, 0.4) is 0 Å². The number of rotatable bonds is 10. The first-order valence-electron chi connectivity index (χ1n) is 8.81. The third-order valence-electron chi connectivity index (χ3n) is 3.93. The Balaban J connectivity index is 1.92. The van der Waals surface area contributed by atoms with Crippen molar-refractivity contribution >= 4 is 5.78 Å². The minimum Gasteiger partial charge on any atom is -0.507 e. The summed E-state index contributed by atoms with van der Waals surface area (Å²) in [5.74, 6) is 0.553. The van der Waals surface area contributed by atoms with Crippen LogP contribution < -0.4 is 14.9 Å². The number of carbonyl (C=O) groups is 1. The molecule has 1 aromatic heterocycles. The van der Waals surface area contributed by atoms with Gasteiger partial charge in [-0.3, -0.25) is 9.59 Å². The van der Waals surface area contributed by atoms with Crippen molar-refractivity contribution in [1.29, 1.82) is 0 Å². The van der Waals surface area contributed by atoms with Crippen LogP contribution in [0.25, 0.3) is 0 Å². The van der Waals surface area contributed by atoms with Crippen LogP contribution >= 0.6 is 0 Å². The molecule has 2 rings (SSSR count). The molecule has 7 nitrogen and oxygen atoms in total. The van der Waals surface area contributed by atoms with E-state index in [1.54, 1.807) is 12.1 Å². The Kier molecular flexibility index (Phi) is 7.43. The van der Waals surface area contributed by atoms with Gasteiger partial charge in [0.15, 0.2) is 5.78 Å². The summed E-state index contributed by atoms with van der Waals surface area (Å²) in [7, 11) is 0. The highest BCUT2D eigenvalue weighted by Gasteiger charge is 2.15. The number of carbonyl (C=O) groups excluding carboxylic acids is 1. The van der Waals surface area contributed by atoms with Crippen LogP contribution in [-0.4, -0.2) is 29.2 Å². The molecule has 0 aliphatic rings. The lowest BCUT2D eigenvalue weighted by Gasteiger charge is -2.14. The Morgan fingerprint density at radius 2 is 1.89 bits per heavy atom. The molecule has 2 aromatic rings.